The first-order valence-corrected chi connectivity index (χ1v) is 6.72. The molecule has 2 aliphatic rings. The van der Waals surface area contributed by atoms with E-state index in [1.807, 2.05) is 0 Å². The molecule has 2 saturated carbocycles. The van der Waals surface area contributed by atoms with Gasteiger partial charge in [-0.15, -0.1) is 0 Å². The van der Waals surface area contributed by atoms with Crippen LogP contribution in [0.3, 0.4) is 0 Å². The van der Waals surface area contributed by atoms with E-state index in [1.54, 1.807) is 0 Å². The highest BCUT2D eigenvalue weighted by molar-refractivity contribution is 4.95. The lowest BCUT2D eigenvalue weighted by Crippen LogP contribution is -2.39. The van der Waals surface area contributed by atoms with Crippen molar-refractivity contribution in [3.8, 4) is 0 Å². The minimum atomic E-state index is -0.303. The van der Waals surface area contributed by atoms with E-state index in [0.717, 1.165) is 30.6 Å². The van der Waals surface area contributed by atoms with Gasteiger partial charge in [-0.2, -0.15) is 0 Å². The van der Waals surface area contributed by atoms with Crippen LogP contribution in [0.5, 0.6) is 0 Å². The molecule has 0 amide bonds. The third-order valence-corrected chi connectivity index (χ3v) is 4.71. The topological polar surface area (TPSA) is 20.2 Å². The summed E-state index contributed by atoms with van der Waals surface area (Å²) in [5.74, 6) is 2.96. The van der Waals surface area contributed by atoms with Gasteiger partial charge in [0.05, 0.1) is 5.60 Å². The summed E-state index contributed by atoms with van der Waals surface area (Å²) in [6.45, 7) is 6.99. The molecule has 1 heteroatoms. The van der Waals surface area contributed by atoms with Crippen molar-refractivity contribution in [2.75, 3.05) is 0 Å². The van der Waals surface area contributed by atoms with Crippen LogP contribution in [0.1, 0.15) is 59.3 Å². The van der Waals surface area contributed by atoms with E-state index in [2.05, 4.69) is 20.8 Å². The van der Waals surface area contributed by atoms with Crippen LogP contribution in [-0.2, 0) is 0 Å². The van der Waals surface area contributed by atoms with Gasteiger partial charge in [0.2, 0.25) is 0 Å². The van der Waals surface area contributed by atoms with Crippen molar-refractivity contribution >= 4 is 0 Å². The van der Waals surface area contributed by atoms with E-state index >= 15 is 0 Å². The molecule has 2 rings (SSSR count). The molecule has 88 valence electrons. The molecule has 4 unspecified atom stereocenters. The molecule has 4 atom stereocenters. The Hall–Kier alpha value is -0.0400. The van der Waals surface area contributed by atoms with Crippen LogP contribution in [0.25, 0.3) is 0 Å². The van der Waals surface area contributed by atoms with E-state index in [-0.39, 0.29) is 5.60 Å². The molecule has 0 heterocycles. The average Bonchev–Trinajstić information content (AvgIpc) is 2.46. The van der Waals surface area contributed by atoms with Crippen LogP contribution < -0.4 is 0 Å². The predicted octanol–water partition coefficient (Wildman–Crippen LogP) is 3.61. The quantitative estimate of drug-likeness (QED) is 0.701. The van der Waals surface area contributed by atoms with Gasteiger partial charge < -0.3 is 5.11 Å². The monoisotopic (exact) mass is 210 g/mol. The Morgan fingerprint density at radius 3 is 2.00 bits per heavy atom. The minimum absolute atomic E-state index is 0.303. The van der Waals surface area contributed by atoms with Crippen molar-refractivity contribution in [3.05, 3.63) is 0 Å². The third-order valence-electron chi connectivity index (χ3n) is 4.71. The molecule has 0 radical (unpaired) electrons. The van der Waals surface area contributed by atoms with Gasteiger partial charge in [-0.25, -0.2) is 0 Å². The molecule has 0 spiro atoms. The van der Waals surface area contributed by atoms with E-state index in [0.29, 0.717) is 5.92 Å². The first kappa shape index (κ1) is 11.4. The second kappa shape index (κ2) is 4.08. The van der Waals surface area contributed by atoms with Gasteiger partial charge in [0.25, 0.3) is 0 Å². The molecule has 2 fully saturated rings. The van der Waals surface area contributed by atoms with Crippen LogP contribution >= 0.6 is 0 Å². The second-order valence-electron chi connectivity index (χ2n) is 6.57. The Balaban J connectivity index is 2.03. The normalized spacial score (nSPS) is 52.0. The van der Waals surface area contributed by atoms with Crippen molar-refractivity contribution in [2.45, 2.75) is 64.9 Å². The third kappa shape index (κ3) is 2.38. The average molecular weight is 210 g/mol. The molecular formula is C14H26O. The minimum Gasteiger partial charge on any atom is -0.390 e. The van der Waals surface area contributed by atoms with Gasteiger partial charge in [0.1, 0.15) is 0 Å². The van der Waals surface area contributed by atoms with Crippen molar-refractivity contribution < 1.29 is 5.11 Å². The highest BCUT2D eigenvalue weighted by atomic mass is 16.3. The Morgan fingerprint density at radius 2 is 1.53 bits per heavy atom. The smallest absolute Gasteiger partial charge is 0.0678 e. The molecule has 0 aromatic carbocycles. The summed E-state index contributed by atoms with van der Waals surface area (Å²) in [7, 11) is 0. The largest absolute Gasteiger partial charge is 0.390 e. The van der Waals surface area contributed by atoms with E-state index in [9.17, 15) is 5.11 Å². The van der Waals surface area contributed by atoms with Crippen molar-refractivity contribution in [1.82, 2.24) is 0 Å². The van der Waals surface area contributed by atoms with Gasteiger partial charge in [-0.05, 0) is 62.2 Å². The van der Waals surface area contributed by atoms with Gasteiger partial charge in [0, 0.05) is 0 Å². The second-order valence-corrected chi connectivity index (χ2v) is 6.57. The van der Waals surface area contributed by atoms with Gasteiger partial charge in [-0.3, -0.25) is 0 Å². The van der Waals surface area contributed by atoms with E-state index in [4.69, 9.17) is 0 Å². The van der Waals surface area contributed by atoms with Crippen LogP contribution in [0, 0.1) is 23.7 Å². The van der Waals surface area contributed by atoms with E-state index in [1.165, 1.54) is 25.7 Å². The van der Waals surface area contributed by atoms with Crippen molar-refractivity contribution in [2.24, 2.45) is 23.7 Å². The molecule has 0 aromatic heterocycles. The first-order valence-electron chi connectivity index (χ1n) is 6.72. The fraction of sp³-hybridized carbons (Fsp3) is 1.00. The summed E-state index contributed by atoms with van der Waals surface area (Å²) in [5, 5.41) is 10.7. The van der Waals surface area contributed by atoms with Gasteiger partial charge >= 0.3 is 0 Å². The zero-order chi connectivity index (χ0) is 11.1. The molecule has 1 nitrogen and oxygen atoms in total. The Bertz CT molecular complexity index is 215. The van der Waals surface area contributed by atoms with Crippen molar-refractivity contribution in [3.63, 3.8) is 0 Å². The molecule has 0 saturated heterocycles. The summed E-state index contributed by atoms with van der Waals surface area (Å²) < 4.78 is 0. The van der Waals surface area contributed by atoms with Crippen LogP contribution in [-0.4, -0.2) is 10.7 Å². The molecule has 0 bridgehead atoms. The lowest BCUT2D eigenvalue weighted by molar-refractivity contribution is -0.0453. The summed E-state index contributed by atoms with van der Waals surface area (Å²) in [5.41, 5.74) is -0.303. The van der Waals surface area contributed by atoms with E-state index < -0.39 is 0 Å². The van der Waals surface area contributed by atoms with Crippen molar-refractivity contribution in [1.29, 1.82) is 0 Å². The van der Waals surface area contributed by atoms with Crippen LogP contribution in [0.2, 0.25) is 0 Å². The highest BCUT2D eigenvalue weighted by Crippen LogP contribution is 2.47. The zero-order valence-electron chi connectivity index (χ0n) is 10.5. The Kier molecular flexibility index (Phi) is 3.12. The molecule has 15 heavy (non-hydrogen) atoms. The van der Waals surface area contributed by atoms with Gasteiger partial charge in [0.15, 0.2) is 0 Å². The number of hydrogen-bond donors (Lipinski definition) is 1. The maximum Gasteiger partial charge on any atom is 0.0678 e. The summed E-state index contributed by atoms with van der Waals surface area (Å²) in [6, 6.07) is 0. The molecule has 0 aromatic rings. The summed E-state index contributed by atoms with van der Waals surface area (Å²) in [4.78, 5) is 0. The SMILES string of the molecule is CC1CC(C)CC(C2(O)CCC(C)C2)C1. The fourth-order valence-electron chi connectivity index (χ4n) is 4.06. The summed E-state index contributed by atoms with van der Waals surface area (Å²) in [6.07, 6.45) is 7.22. The number of rotatable bonds is 1. The van der Waals surface area contributed by atoms with Crippen LogP contribution in [0.15, 0.2) is 0 Å². The summed E-state index contributed by atoms with van der Waals surface area (Å²) >= 11 is 0. The molecule has 0 aliphatic heterocycles. The first-order chi connectivity index (χ1) is 6.99. The maximum absolute atomic E-state index is 10.7. The number of aliphatic hydroxyl groups is 1. The standard InChI is InChI=1S/C14H26O/c1-10-4-5-14(15,9-10)13-7-11(2)6-12(3)8-13/h10-13,15H,4-9H2,1-3H3. The predicted molar refractivity (Wildman–Crippen MR) is 63.6 cm³/mol. The highest BCUT2D eigenvalue weighted by Gasteiger charge is 2.44. The Morgan fingerprint density at radius 1 is 0.933 bits per heavy atom. The molecule has 1 N–H and O–H groups in total. The Labute approximate surface area is 94.3 Å². The maximum atomic E-state index is 10.7. The van der Waals surface area contributed by atoms with Crippen LogP contribution in [0.4, 0.5) is 0 Å². The molecular weight excluding hydrogens is 184 g/mol. The fourth-order valence-corrected chi connectivity index (χ4v) is 4.06. The lowest BCUT2D eigenvalue weighted by atomic mass is 9.69. The lowest BCUT2D eigenvalue weighted by Gasteiger charge is -2.40. The molecule has 2 aliphatic carbocycles. The van der Waals surface area contributed by atoms with Gasteiger partial charge in [-0.1, -0.05) is 20.8 Å². The zero-order valence-corrected chi connectivity index (χ0v) is 10.5. The number of hydrogen-bond acceptors (Lipinski definition) is 1.